The maximum absolute atomic E-state index is 12.7. The largest absolute Gasteiger partial charge is 0.383 e. The Morgan fingerprint density at radius 3 is 2.85 bits per heavy atom. The number of nitrogens with one attached hydrogen (secondary N) is 1. The zero-order valence-corrected chi connectivity index (χ0v) is 12.3. The smallest absolute Gasteiger partial charge is 0.256 e. The first kappa shape index (κ1) is 14.6. The van der Waals surface area contributed by atoms with Crippen LogP contribution in [0.3, 0.4) is 0 Å². The molecule has 0 aliphatic rings. The summed E-state index contributed by atoms with van der Waals surface area (Å²) in [6.07, 6.45) is 1.86. The molecular formula is C16H22N2O2. The molecule has 1 amide bonds. The van der Waals surface area contributed by atoms with Crippen molar-refractivity contribution in [1.82, 2.24) is 9.88 Å². The van der Waals surface area contributed by atoms with E-state index in [0.717, 1.165) is 23.0 Å². The molecule has 0 radical (unpaired) electrons. The Hall–Kier alpha value is -1.81. The number of carbonyl (C=O) groups excluding carboxylic acids is 1. The molecule has 0 spiro atoms. The number of carbonyl (C=O) groups is 1. The van der Waals surface area contributed by atoms with Gasteiger partial charge in [-0.15, -0.1) is 0 Å². The number of rotatable bonds is 6. The van der Waals surface area contributed by atoms with E-state index < -0.39 is 0 Å². The molecular weight excluding hydrogens is 252 g/mol. The molecule has 0 aliphatic carbocycles. The van der Waals surface area contributed by atoms with E-state index in [9.17, 15) is 4.79 Å². The number of amides is 1. The van der Waals surface area contributed by atoms with Crippen molar-refractivity contribution in [3.05, 3.63) is 36.0 Å². The molecule has 0 saturated heterocycles. The fraction of sp³-hybridized carbons (Fsp3) is 0.438. The Bertz CT molecular complexity index is 575. The van der Waals surface area contributed by atoms with Crippen LogP contribution in [0.5, 0.6) is 0 Å². The number of hydrogen-bond donors (Lipinski definition) is 1. The molecule has 0 bridgehead atoms. The molecule has 1 heterocycles. The zero-order valence-electron chi connectivity index (χ0n) is 12.3. The minimum absolute atomic E-state index is 0.0591. The predicted octanol–water partition coefficient (Wildman–Crippen LogP) is 2.91. The highest BCUT2D eigenvalue weighted by molar-refractivity contribution is 6.05. The van der Waals surface area contributed by atoms with Crippen molar-refractivity contribution < 1.29 is 9.53 Å². The molecule has 108 valence electrons. The van der Waals surface area contributed by atoms with E-state index >= 15 is 0 Å². The van der Waals surface area contributed by atoms with Crippen LogP contribution in [-0.2, 0) is 4.74 Å². The number of aromatic nitrogens is 1. The Morgan fingerprint density at radius 1 is 1.35 bits per heavy atom. The highest BCUT2D eigenvalue weighted by Crippen LogP contribution is 2.19. The molecule has 0 aliphatic heterocycles. The molecule has 1 aromatic heterocycles. The van der Waals surface area contributed by atoms with Gasteiger partial charge in [0.25, 0.3) is 5.91 Å². The molecule has 0 fully saturated rings. The van der Waals surface area contributed by atoms with Crippen molar-refractivity contribution in [2.24, 2.45) is 5.92 Å². The standard InChI is InChI=1S/C16H22N2O2/c1-12(2)11-18(9-10-20-3)16(19)14-6-4-5-13-7-8-17-15(13)14/h4-8,12,17H,9-11H2,1-3H3. The molecule has 4 heteroatoms. The third-order valence-corrected chi connectivity index (χ3v) is 3.26. The van der Waals surface area contributed by atoms with Crippen molar-refractivity contribution in [1.29, 1.82) is 0 Å². The molecule has 2 aromatic rings. The second-order valence-electron chi connectivity index (χ2n) is 5.39. The Morgan fingerprint density at radius 2 is 2.15 bits per heavy atom. The summed E-state index contributed by atoms with van der Waals surface area (Å²) < 4.78 is 5.11. The summed E-state index contributed by atoms with van der Waals surface area (Å²) in [6.45, 7) is 6.13. The van der Waals surface area contributed by atoms with Gasteiger partial charge in [-0.3, -0.25) is 4.79 Å². The molecule has 2 rings (SSSR count). The minimum atomic E-state index is 0.0591. The van der Waals surface area contributed by atoms with Gasteiger partial charge in [-0.2, -0.15) is 0 Å². The number of para-hydroxylation sites is 1. The van der Waals surface area contributed by atoms with Crippen LogP contribution in [0, 0.1) is 5.92 Å². The molecule has 4 nitrogen and oxygen atoms in total. The van der Waals surface area contributed by atoms with Crippen LogP contribution in [0.15, 0.2) is 30.5 Å². The Balaban J connectivity index is 2.28. The summed E-state index contributed by atoms with van der Waals surface area (Å²) >= 11 is 0. The average Bonchev–Trinajstić information content (AvgIpc) is 2.90. The van der Waals surface area contributed by atoms with Crippen LogP contribution in [0.4, 0.5) is 0 Å². The highest BCUT2D eigenvalue weighted by Gasteiger charge is 2.19. The van der Waals surface area contributed by atoms with Crippen molar-refractivity contribution >= 4 is 16.8 Å². The third-order valence-electron chi connectivity index (χ3n) is 3.26. The summed E-state index contributed by atoms with van der Waals surface area (Å²) in [7, 11) is 1.66. The van der Waals surface area contributed by atoms with E-state index in [4.69, 9.17) is 4.74 Å². The van der Waals surface area contributed by atoms with Gasteiger partial charge in [-0.25, -0.2) is 0 Å². The van der Waals surface area contributed by atoms with Crippen LogP contribution in [0.2, 0.25) is 0 Å². The van der Waals surface area contributed by atoms with E-state index in [-0.39, 0.29) is 5.91 Å². The summed E-state index contributed by atoms with van der Waals surface area (Å²) in [5, 5.41) is 1.06. The number of aromatic amines is 1. The van der Waals surface area contributed by atoms with E-state index in [1.54, 1.807) is 7.11 Å². The second kappa shape index (κ2) is 6.57. The van der Waals surface area contributed by atoms with Crippen LogP contribution >= 0.6 is 0 Å². The maximum atomic E-state index is 12.7. The highest BCUT2D eigenvalue weighted by atomic mass is 16.5. The number of H-pyrrole nitrogens is 1. The lowest BCUT2D eigenvalue weighted by Gasteiger charge is -2.24. The van der Waals surface area contributed by atoms with Crippen molar-refractivity contribution in [2.45, 2.75) is 13.8 Å². The lowest BCUT2D eigenvalue weighted by molar-refractivity contribution is 0.0674. The maximum Gasteiger partial charge on any atom is 0.256 e. The van der Waals surface area contributed by atoms with Gasteiger partial charge in [0.2, 0.25) is 0 Å². The van der Waals surface area contributed by atoms with Gasteiger partial charge in [-0.1, -0.05) is 26.0 Å². The van der Waals surface area contributed by atoms with Crippen LogP contribution < -0.4 is 0 Å². The van der Waals surface area contributed by atoms with E-state index in [0.29, 0.717) is 19.1 Å². The fourth-order valence-corrected chi connectivity index (χ4v) is 2.35. The van der Waals surface area contributed by atoms with Gasteiger partial charge in [-0.05, 0) is 18.1 Å². The zero-order chi connectivity index (χ0) is 14.5. The summed E-state index contributed by atoms with van der Waals surface area (Å²) in [6, 6.07) is 7.78. The number of methoxy groups -OCH3 is 1. The van der Waals surface area contributed by atoms with Gasteiger partial charge in [0.1, 0.15) is 0 Å². The number of fused-ring (bicyclic) bond motifs is 1. The molecule has 0 unspecified atom stereocenters. The SMILES string of the molecule is COCCN(CC(C)C)C(=O)c1cccc2cc[nH]c12. The molecule has 1 N–H and O–H groups in total. The van der Waals surface area contributed by atoms with Crippen LogP contribution in [-0.4, -0.2) is 42.6 Å². The van der Waals surface area contributed by atoms with Gasteiger partial charge < -0.3 is 14.6 Å². The van der Waals surface area contributed by atoms with E-state index in [2.05, 4.69) is 18.8 Å². The van der Waals surface area contributed by atoms with Crippen LogP contribution in [0.25, 0.3) is 10.9 Å². The number of ether oxygens (including phenoxy) is 1. The molecule has 20 heavy (non-hydrogen) atoms. The van der Waals surface area contributed by atoms with Crippen molar-refractivity contribution in [3.8, 4) is 0 Å². The quantitative estimate of drug-likeness (QED) is 0.880. The molecule has 0 saturated carbocycles. The van der Waals surface area contributed by atoms with Gasteiger partial charge in [0.05, 0.1) is 17.7 Å². The second-order valence-corrected chi connectivity index (χ2v) is 5.39. The summed E-state index contributed by atoms with van der Waals surface area (Å²) in [5.74, 6) is 0.488. The first-order valence-electron chi connectivity index (χ1n) is 6.97. The Labute approximate surface area is 119 Å². The monoisotopic (exact) mass is 274 g/mol. The van der Waals surface area contributed by atoms with E-state index in [1.165, 1.54) is 0 Å². The van der Waals surface area contributed by atoms with Crippen molar-refractivity contribution in [3.63, 3.8) is 0 Å². The normalized spacial score (nSPS) is 11.2. The molecule has 0 atom stereocenters. The van der Waals surface area contributed by atoms with Gasteiger partial charge in [0.15, 0.2) is 0 Å². The number of hydrogen-bond acceptors (Lipinski definition) is 2. The third kappa shape index (κ3) is 3.20. The fourth-order valence-electron chi connectivity index (χ4n) is 2.35. The minimum Gasteiger partial charge on any atom is -0.383 e. The number of nitrogens with zero attached hydrogens (tertiary/aromatic N) is 1. The summed E-state index contributed by atoms with van der Waals surface area (Å²) in [4.78, 5) is 17.8. The predicted molar refractivity (Wildman–Crippen MR) is 80.9 cm³/mol. The van der Waals surface area contributed by atoms with Gasteiger partial charge in [0, 0.05) is 31.8 Å². The summed E-state index contributed by atoms with van der Waals surface area (Å²) in [5.41, 5.74) is 1.63. The lowest BCUT2D eigenvalue weighted by Crippen LogP contribution is -2.36. The Kier molecular flexibility index (Phi) is 4.79. The number of benzene rings is 1. The topological polar surface area (TPSA) is 45.3 Å². The molecule has 1 aromatic carbocycles. The first-order valence-corrected chi connectivity index (χ1v) is 6.97. The van der Waals surface area contributed by atoms with Crippen molar-refractivity contribution in [2.75, 3.05) is 26.8 Å². The van der Waals surface area contributed by atoms with E-state index in [1.807, 2.05) is 35.4 Å². The van der Waals surface area contributed by atoms with Gasteiger partial charge >= 0.3 is 0 Å². The van der Waals surface area contributed by atoms with Crippen LogP contribution in [0.1, 0.15) is 24.2 Å². The first-order chi connectivity index (χ1) is 9.63. The lowest BCUT2D eigenvalue weighted by atomic mass is 10.1. The average molecular weight is 274 g/mol.